The van der Waals surface area contributed by atoms with Crippen molar-refractivity contribution < 1.29 is 0 Å². The predicted octanol–water partition coefficient (Wildman–Crippen LogP) is 3.56. The molecule has 0 aliphatic carbocycles. The van der Waals surface area contributed by atoms with E-state index >= 15 is 0 Å². The summed E-state index contributed by atoms with van der Waals surface area (Å²) in [6, 6.07) is 4.20. The van der Waals surface area contributed by atoms with Crippen LogP contribution in [0.3, 0.4) is 0 Å². The number of nitrogens with zero attached hydrogens (tertiary/aromatic N) is 2. The summed E-state index contributed by atoms with van der Waals surface area (Å²) in [7, 11) is 4.05. The third kappa shape index (κ3) is 3.24. The Kier molecular flexibility index (Phi) is 5.27. The summed E-state index contributed by atoms with van der Waals surface area (Å²) in [6.07, 6.45) is 2.17. The van der Waals surface area contributed by atoms with Gasteiger partial charge in [-0.25, -0.2) is 4.79 Å². The van der Waals surface area contributed by atoms with E-state index in [1.807, 2.05) is 24.7 Å². The zero-order valence-electron chi connectivity index (χ0n) is 13.2. The van der Waals surface area contributed by atoms with Gasteiger partial charge in [-0.05, 0) is 60.4 Å². The van der Waals surface area contributed by atoms with Gasteiger partial charge in [0, 0.05) is 17.6 Å². The van der Waals surface area contributed by atoms with Crippen LogP contribution >= 0.6 is 15.9 Å². The van der Waals surface area contributed by atoms with Crippen LogP contribution < -0.4 is 5.69 Å². The Labute approximate surface area is 134 Å². The molecule has 2 aromatic rings. The van der Waals surface area contributed by atoms with Gasteiger partial charge in [-0.15, -0.1) is 0 Å². The van der Waals surface area contributed by atoms with E-state index in [9.17, 15) is 4.79 Å². The number of rotatable bonds is 6. The van der Waals surface area contributed by atoms with Crippen LogP contribution in [0, 0.1) is 0 Å². The molecule has 1 aromatic heterocycles. The molecule has 0 aliphatic rings. The van der Waals surface area contributed by atoms with Crippen molar-refractivity contribution in [1.82, 2.24) is 14.5 Å². The first-order valence-corrected chi connectivity index (χ1v) is 8.34. The fourth-order valence-corrected chi connectivity index (χ4v) is 3.26. The minimum absolute atomic E-state index is 0.0223. The third-order valence-electron chi connectivity index (χ3n) is 4.10. The van der Waals surface area contributed by atoms with E-state index in [-0.39, 0.29) is 5.69 Å². The second-order valence-electron chi connectivity index (χ2n) is 5.76. The van der Waals surface area contributed by atoms with E-state index in [0.29, 0.717) is 12.5 Å². The molecule has 0 unspecified atom stereocenters. The normalized spacial score (nSPS) is 12.0. The Balaban J connectivity index is 2.64. The first kappa shape index (κ1) is 16.3. The highest BCUT2D eigenvalue weighted by Crippen LogP contribution is 2.32. The fraction of sp³-hybridized carbons (Fsp3) is 0.562. The van der Waals surface area contributed by atoms with Crippen LogP contribution in [0.25, 0.3) is 11.0 Å². The van der Waals surface area contributed by atoms with Crippen molar-refractivity contribution in [2.75, 3.05) is 20.6 Å². The number of benzene rings is 1. The van der Waals surface area contributed by atoms with Crippen LogP contribution in [0.15, 0.2) is 21.4 Å². The maximum Gasteiger partial charge on any atom is 0.326 e. The van der Waals surface area contributed by atoms with Crippen LogP contribution in [-0.2, 0) is 6.54 Å². The number of nitrogens with one attached hydrogen (secondary N) is 1. The Morgan fingerprint density at radius 1 is 1.29 bits per heavy atom. The molecule has 21 heavy (non-hydrogen) atoms. The monoisotopic (exact) mass is 353 g/mol. The molecule has 1 heterocycles. The Bertz CT molecular complexity index is 668. The molecule has 0 bridgehead atoms. The van der Waals surface area contributed by atoms with Gasteiger partial charge in [0.2, 0.25) is 0 Å². The predicted molar refractivity (Wildman–Crippen MR) is 92.1 cm³/mol. The van der Waals surface area contributed by atoms with Crippen LogP contribution in [-0.4, -0.2) is 35.1 Å². The van der Waals surface area contributed by atoms with E-state index < -0.39 is 0 Å². The maximum atomic E-state index is 12.3. The Morgan fingerprint density at radius 3 is 2.52 bits per heavy atom. The van der Waals surface area contributed by atoms with Crippen molar-refractivity contribution in [2.45, 2.75) is 39.2 Å². The Morgan fingerprint density at radius 2 is 1.95 bits per heavy atom. The highest BCUT2D eigenvalue weighted by atomic mass is 79.9. The van der Waals surface area contributed by atoms with Gasteiger partial charge in [-0.2, -0.15) is 0 Å². The summed E-state index contributed by atoms with van der Waals surface area (Å²) in [5.74, 6) is 0.487. The molecule has 0 saturated carbocycles. The van der Waals surface area contributed by atoms with Crippen molar-refractivity contribution in [2.24, 2.45) is 0 Å². The lowest BCUT2D eigenvalue weighted by atomic mass is 9.93. The lowest BCUT2D eigenvalue weighted by molar-refractivity contribution is 0.383. The molecule has 2 rings (SSSR count). The van der Waals surface area contributed by atoms with Gasteiger partial charge in [0.1, 0.15) is 0 Å². The summed E-state index contributed by atoms with van der Waals surface area (Å²) in [6.45, 7) is 5.96. The van der Waals surface area contributed by atoms with Crippen LogP contribution in [0.4, 0.5) is 0 Å². The molecular formula is C16H24BrN3O. The summed E-state index contributed by atoms with van der Waals surface area (Å²) < 4.78 is 2.83. The van der Waals surface area contributed by atoms with E-state index in [1.165, 1.54) is 5.56 Å². The number of aromatic amines is 1. The van der Waals surface area contributed by atoms with E-state index in [0.717, 1.165) is 34.9 Å². The quantitative estimate of drug-likeness (QED) is 0.862. The van der Waals surface area contributed by atoms with Gasteiger partial charge in [0.15, 0.2) is 0 Å². The number of hydrogen-bond acceptors (Lipinski definition) is 2. The van der Waals surface area contributed by atoms with Crippen molar-refractivity contribution >= 4 is 27.0 Å². The number of fused-ring (bicyclic) bond motifs is 1. The standard InChI is InChI=1S/C16H24BrN3O/c1-5-11(6-2)12-7-8-13(17)14-15(12)20(16(21)18-14)10-9-19(3)4/h7-8,11H,5-6,9-10H2,1-4H3,(H,18,21). The lowest BCUT2D eigenvalue weighted by Gasteiger charge is -2.17. The van der Waals surface area contributed by atoms with Crippen LogP contribution in [0.2, 0.25) is 0 Å². The molecule has 0 aliphatic heterocycles. The average molecular weight is 354 g/mol. The van der Waals surface area contributed by atoms with Crippen molar-refractivity contribution in [1.29, 1.82) is 0 Å². The second kappa shape index (κ2) is 6.79. The van der Waals surface area contributed by atoms with Gasteiger partial charge in [0.25, 0.3) is 0 Å². The van der Waals surface area contributed by atoms with Crippen molar-refractivity contribution in [3.8, 4) is 0 Å². The zero-order chi connectivity index (χ0) is 15.6. The summed E-state index contributed by atoms with van der Waals surface area (Å²) in [5, 5.41) is 0. The highest BCUT2D eigenvalue weighted by Gasteiger charge is 2.18. The van der Waals surface area contributed by atoms with Crippen molar-refractivity contribution in [3.63, 3.8) is 0 Å². The van der Waals surface area contributed by atoms with Crippen LogP contribution in [0.5, 0.6) is 0 Å². The highest BCUT2D eigenvalue weighted by molar-refractivity contribution is 9.10. The molecule has 0 amide bonds. The van der Waals surface area contributed by atoms with Crippen molar-refractivity contribution in [3.05, 3.63) is 32.7 Å². The first-order valence-electron chi connectivity index (χ1n) is 7.55. The van der Waals surface area contributed by atoms with Gasteiger partial charge in [-0.3, -0.25) is 4.57 Å². The summed E-state index contributed by atoms with van der Waals surface area (Å²) >= 11 is 3.56. The lowest BCUT2D eigenvalue weighted by Crippen LogP contribution is -2.25. The second-order valence-corrected chi connectivity index (χ2v) is 6.61. The fourth-order valence-electron chi connectivity index (χ4n) is 2.84. The smallest absolute Gasteiger partial charge is 0.308 e. The van der Waals surface area contributed by atoms with Crippen LogP contribution in [0.1, 0.15) is 38.2 Å². The molecule has 0 spiro atoms. The topological polar surface area (TPSA) is 41.0 Å². The number of imidazole rings is 1. The van der Waals surface area contributed by atoms with Gasteiger partial charge < -0.3 is 9.88 Å². The van der Waals surface area contributed by atoms with E-state index in [2.05, 4.69) is 45.7 Å². The van der Waals surface area contributed by atoms with Gasteiger partial charge in [-0.1, -0.05) is 19.9 Å². The molecule has 0 fully saturated rings. The number of halogens is 1. The molecule has 0 radical (unpaired) electrons. The minimum atomic E-state index is -0.0223. The molecule has 1 aromatic carbocycles. The largest absolute Gasteiger partial charge is 0.326 e. The third-order valence-corrected chi connectivity index (χ3v) is 4.76. The number of likely N-dealkylation sites (N-methyl/N-ethyl adjacent to an activating group) is 1. The SMILES string of the molecule is CCC(CC)c1ccc(Br)c2[nH]c(=O)n(CCN(C)C)c12. The number of aromatic nitrogens is 2. The number of H-pyrrole nitrogens is 1. The van der Waals surface area contributed by atoms with E-state index in [4.69, 9.17) is 0 Å². The van der Waals surface area contributed by atoms with E-state index in [1.54, 1.807) is 0 Å². The minimum Gasteiger partial charge on any atom is -0.308 e. The molecular weight excluding hydrogens is 330 g/mol. The Hall–Kier alpha value is -1.07. The van der Waals surface area contributed by atoms with Gasteiger partial charge in [0.05, 0.1) is 11.0 Å². The first-order chi connectivity index (χ1) is 9.99. The maximum absolute atomic E-state index is 12.3. The summed E-state index contributed by atoms with van der Waals surface area (Å²) in [5.41, 5.74) is 3.23. The zero-order valence-corrected chi connectivity index (χ0v) is 14.8. The molecule has 4 nitrogen and oxygen atoms in total. The molecule has 116 valence electrons. The molecule has 0 saturated heterocycles. The average Bonchev–Trinajstić information content (AvgIpc) is 2.78. The number of hydrogen-bond donors (Lipinski definition) is 1. The molecule has 5 heteroatoms. The summed E-state index contributed by atoms with van der Waals surface area (Å²) in [4.78, 5) is 17.4. The molecule has 0 atom stereocenters. The molecule has 1 N–H and O–H groups in total. The van der Waals surface area contributed by atoms with Gasteiger partial charge >= 0.3 is 5.69 Å².